The van der Waals surface area contributed by atoms with Gasteiger partial charge in [0.05, 0.1) is 5.75 Å². The molecule has 28 heavy (non-hydrogen) atoms. The van der Waals surface area contributed by atoms with Crippen molar-refractivity contribution in [3.8, 4) is 5.75 Å². The summed E-state index contributed by atoms with van der Waals surface area (Å²) in [4.78, 5) is 12.6. The van der Waals surface area contributed by atoms with E-state index in [0.29, 0.717) is 38.4 Å². The highest BCUT2D eigenvalue weighted by Gasteiger charge is 2.45. The summed E-state index contributed by atoms with van der Waals surface area (Å²) in [5.41, 5.74) is 0.718. The van der Waals surface area contributed by atoms with Gasteiger partial charge in [0.1, 0.15) is 11.4 Å². The van der Waals surface area contributed by atoms with Gasteiger partial charge in [-0.25, -0.2) is 12.7 Å². The van der Waals surface area contributed by atoms with Crippen molar-refractivity contribution < 1.29 is 17.9 Å². The van der Waals surface area contributed by atoms with Crippen LogP contribution in [-0.4, -0.2) is 49.1 Å². The quantitative estimate of drug-likeness (QED) is 0.816. The molecule has 154 valence electrons. The van der Waals surface area contributed by atoms with Crippen molar-refractivity contribution in [2.24, 2.45) is 0 Å². The number of rotatable bonds is 5. The van der Waals surface area contributed by atoms with Gasteiger partial charge < -0.3 is 10.1 Å². The molecule has 1 aromatic rings. The number of amides is 1. The predicted molar refractivity (Wildman–Crippen MR) is 108 cm³/mol. The molecule has 2 heterocycles. The van der Waals surface area contributed by atoms with Crippen molar-refractivity contribution in [3.63, 3.8) is 0 Å². The first-order valence-corrected chi connectivity index (χ1v) is 12.1. The summed E-state index contributed by atoms with van der Waals surface area (Å²) in [5.74, 6) is 1.21. The van der Waals surface area contributed by atoms with Gasteiger partial charge in [-0.15, -0.1) is 0 Å². The highest BCUT2D eigenvalue weighted by Crippen LogP contribution is 2.46. The van der Waals surface area contributed by atoms with E-state index in [0.717, 1.165) is 30.6 Å². The fraction of sp³-hybridized carbons (Fsp3) is 0.667. The zero-order valence-corrected chi connectivity index (χ0v) is 17.3. The van der Waals surface area contributed by atoms with E-state index < -0.39 is 10.0 Å². The number of fused-ring (bicyclic) bond motifs is 1. The van der Waals surface area contributed by atoms with Crippen molar-refractivity contribution in [3.05, 3.63) is 29.8 Å². The minimum absolute atomic E-state index is 0.111. The second-order valence-corrected chi connectivity index (χ2v) is 10.7. The molecular weight excluding hydrogens is 376 g/mol. The molecule has 6 nitrogen and oxygen atoms in total. The summed E-state index contributed by atoms with van der Waals surface area (Å²) in [7, 11) is -3.17. The Kier molecular flexibility index (Phi) is 5.40. The fourth-order valence-corrected chi connectivity index (χ4v) is 5.75. The monoisotopic (exact) mass is 406 g/mol. The maximum absolute atomic E-state index is 12.6. The summed E-state index contributed by atoms with van der Waals surface area (Å²) in [6.07, 6.45) is 5.94. The van der Waals surface area contributed by atoms with Crippen molar-refractivity contribution in [1.82, 2.24) is 9.62 Å². The SMILES string of the molecule is CCS(=O)(=O)N1CCC2(CC1)C[C@H](CC(=O)NC1CCC1)c1ccccc1O2. The summed E-state index contributed by atoms with van der Waals surface area (Å²) in [5, 5.41) is 3.15. The third-order valence-electron chi connectivity index (χ3n) is 6.60. The van der Waals surface area contributed by atoms with Crippen LogP contribution in [0.3, 0.4) is 0 Å². The van der Waals surface area contributed by atoms with E-state index in [1.165, 1.54) is 6.42 Å². The van der Waals surface area contributed by atoms with Gasteiger partial charge in [-0.05, 0) is 44.2 Å². The standard InChI is InChI=1S/C21H30N2O4S/c1-2-28(25,26)23-12-10-21(11-13-23)15-16(14-20(24)22-17-6-5-7-17)18-8-3-4-9-19(18)27-21/h3-4,8-9,16-17H,2,5-7,10-15H2,1H3,(H,22,24)/t16-/m0/s1. The van der Waals surface area contributed by atoms with Crippen LogP contribution in [-0.2, 0) is 14.8 Å². The smallest absolute Gasteiger partial charge is 0.220 e. The number of nitrogens with one attached hydrogen (secondary N) is 1. The Labute approximate surface area is 167 Å². The molecule has 1 spiro atoms. The molecule has 0 unspecified atom stereocenters. The number of ether oxygens (including phenoxy) is 1. The lowest BCUT2D eigenvalue weighted by Crippen LogP contribution is -2.52. The molecule has 2 aliphatic heterocycles. The molecule has 1 atom stereocenters. The van der Waals surface area contributed by atoms with Gasteiger partial charge >= 0.3 is 0 Å². The van der Waals surface area contributed by atoms with Crippen LogP contribution in [0.5, 0.6) is 5.75 Å². The van der Waals surface area contributed by atoms with Gasteiger partial charge in [-0.1, -0.05) is 18.2 Å². The Morgan fingerprint density at radius 3 is 2.61 bits per heavy atom. The molecule has 4 rings (SSSR count). The normalized spacial score (nSPS) is 24.8. The largest absolute Gasteiger partial charge is 0.487 e. The van der Waals surface area contributed by atoms with E-state index >= 15 is 0 Å². The molecule has 1 aromatic carbocycles. The Morgan fingerprint density at radius 1 is 1.25 bits per heavy atom. The summed E-state index contributed by atoms with van der Waals surface area (Å²) < 4.78 is 32.4. The van der Waals surface area contributed by atoms with Crippen LogP contribution in [0.1, 0.15) is 63.4 Å². The minimum atomic E-state index is -3.17. The third-order valence-corrected chi connectivity index (χ3v) is 8.48. The molecule has 1 N–H and O–H groups in total. The number of para-hydroxylation sites is 1. The first-order valence-electron chi connectivity index (χ1n) is 10.5. The minimum Gasteiger partial charge on any atom is -0.487 e. The maximum Gasteiger partial charge on any atom is 0.220 e. The highest BCUT2D eigenvalue weighted by molar-refractivity contribution is 7.89. The topological polar surface area (TPSA) is 75.7 Å². The average Bonchev–Trinajstić information content (AvgIpc) is 2.65. The van der Waals surface area contributed by atoms with E-state index in [-0.39, 0.29) is 23.2 Å². The zero-order valence-electron chi connectivity index (χ0n) is 16.5. The maximum atomic E-state index is 12.6. The summed E-state index contributed by atoms with van der Waals surface area (Å²) in [6.45, 7) is 2.66. The lowest BCUT2D eigenvalue weighted by atomic mass is 9.76. The van der Waals surface area contributed by atoms with E-state index in [2.05, 4.69) is 11.4 Å². The number of sulfonamides is 1. The lowest BCUT2D eigenvalue weighted by Gasteiger charge is -2.46. The van der Waals surface area contributed by atoms with Crippen molar-refractivity contribution >= 4 is 15.9 Å². The third kappa shape index (κ3) is 3.92. The molecule has 0 aromatic heterocycles. The number of nitrogens with zero attached hydrogens (tertiary/aromatic N) is 1. The van der Waals surface area contributed by atoms with Gasteiger partial charge in [0, 0.05) is 44.3 Å². The van der Waals surface area contributed by atoms with Crippen LogP contribution in [0.25, 0.3) is 0 Å². The fourth-order valence-electron chi connectivity index (χ4n) is 4.65. The van der Waals surface area contributed by atoms with E-state index in [4.69, 9.17) is 4.74 Å². The van der Waals surface area contributed by atoms with Crippen LogP contribution in [0.2, 0.25) is 0 Å². The molecule has 0 bridgehead atoms. The lowest BCUT2D eigenvalue weighted by molar-refractivity contribution is -0.123. The van der Waals surface area contributed by atoms with Crippen LogP contribution in [0.15, 0.2) is 24.3 Å². The van der Waals surface area contributed by atoms with Crippen LogP contribution in [0.4, 0.5) is 0 Å². The molecule has 0 radical (unpaired) electrons. The second kappa shape index (κ2) is 7.67. The number of carbonyl (C=O) groups is 1. The molecule has 1 saturated heterocycles. The first kappa shape index (κ1) is 19.7. The van der Waals surface area contributed by atoms with Gasteiger partial charge in [0.15, 0.2) is 0 Å². The Balaban J connectivity index is 1.49. The zero-order chi connectivity index (χ0) is 19.8. The summed E-state index contributed by atoms with van der Waals surface area (Å²) >= 11 is 0. The second-order valence-electron chi connectivity index (χ2n) is 8.42. The average molecular weight is 407 g/mol. The predicted octanol–water partition coefficient (Wildman–Crippen LogP) is 2.80. The van der Waals surface area contributed by atoms with E-state index in [1.807, 2.05) is 18.2 Å². The molecule has 1 aliphatic carbocycles. The Morgan fingerprint density at radius 2 is 1.96 bits per heavy atom. The number of benzene rings is 1. The molecule has 1 amide bonds. The number of carbonyl (C=O) groups excluding carboxylic acids is 1. The number of piperidine rings is 1. The van der Waals surface area contributed by atoms with Gasteiger partial charge in [-0.2, -0.15) is 0 Å². The Hall–Kier alpha value is -1.60. The van der Waals surface area contributed by atoms with Crippen molar-refractivity contribution in [1.29, 1.82) is 0 Å². The number of hydrogen-bond acceptors (Lipinski definition) is 4. The van der Waals surface area contributed by atoms with Gasteiger partial charge in [0.25, 0.3) is 0 Å². The van der Waals surface area contributed by atoms with Crippen molar-refractivity contribution in [2.75, 3.05) is 18.8 Å². The molecule has 1 saturated carbocycles. The highest BCUT2D eigenvalue weighted by atomic mass is 32.2. The van der Waals surface area contributed by atoms with Gasteiger partial charge in [0.2, 0.25) is 15.9 Å². The van der Waals surface area contributed by atoms with E-state index in [1.54, 1.807) is 11.2 Å². The molecular formula is C21H30N2O4S. The Bertz CT molecular complexity index is 827. The molecule has 7 heteroatoms. The number of hydrogen-bond donors (Lipinski definition) is 1. The van der Waals surface area contributed by atoms with Gasteiger partial charge in [-0.3, -0.25) is 4.79 Å². The molecule has 3 aliphatic rings. The van der Waals surface area contributed by atoms with E-state index in [9.17, 15) is 13.2 Å². The molecule has 2 fully saturated rings. The summed E-state index contributed by atoms with van der Waals surface area (Å²) in [6, 6.07) is 8.33. The van der Waals surface area contributed by atoms with Crippen molar-refractivity contribution in [2.45, 2.75) is 69.4 Å². The first-order chi connectivity index (χ1) is 13.4. The van der Waals surface area contributed by atoms with Crippen LogP contribution < -0.4 is 10.1 Å². The van der Waals surface area contributed by atoms with Crippen LogP contribution >= 0.6 is 0 Å². The van der Waals surface area contributed by atoms with Crippen LogP contribution in [0, 0.1) is 0 Å².